The van der Waals surface area contributed by atoms with E-state index in [9.17, 15) is 18.0 Å². The molecule has 8 heteroatoms. The fourth-order valence-electron chi connectivity index (χ4n) is 2.83. The van der Waals surface area contributed by atoms with Crippen molar-refractivity contribution >= 4 is 11.6 Å². The highest BCUT2D eigenvalue weighted by molar-refractivity contribution is 5.89. The van der Waals surface area contributed by atoms with Crippen LogP contribution in [0.1, 0.15) is 40.2 Å². The first-order valence-corrected chi connectivity index (χ1v) is 9.96. The van der Waals surface area contributed by atoms with Gasteiger partial charge in [-0.2, -0.15) is 18.3 Å². The van der Waals surface area contributed by atoms with Gasteiger partial charge in [-0.25, -0.2) is 5.43 Å². The number of halogens is 3. The number of rotatable bonds is 8. The Morgan fingerprint density at radius 1 is 0.839 bits per heavy atom. The van der Waals surface area contributed by atoms with Crippen molar-refractivity contribution in [1.82, 2.24) is 5.43 Å². The van der Waals surface area contributed by atoms with E-state index in [1.165, 1.54) is 12.1 Å². The molecule has 2 rings (SSSR count). The predicted octanol–water partition coefficient (Wildman–Crippen LogP) is 6.05. The van der Waals surface area contributed by atoms with Gasteiger partial charge in [0.05, 0.1) is 5.56 Å². The van der Waals surface area contributed by atoms with Gasteiger partial charge in [0, 0.05) is 5.71 Å². The molecule has 1 amide bonds. The Balaban J connectivity index is 1.94. The summed E-state index contributed by atoms with van der Waals surface area (Å²) in [5.74, 6) is 1.20. The normalized spacial score (nSPS) is 12.5. The first-order valence-electron chi connectivity index (χ1n) is 9.96. The number of benzene rings is 2. The number of hydrazone groups is 1. The van der Waals surface area contributed by atoms with Crippen LogP contribution in [-0.4, -0.2) is 17.7 Å². The molecule has 0 fully saturated rings. The van der Waals surface area contributed by atoms with Gasteiger partial charge < -0.3 is 9.47 Å². The molecule has 5 nitrogen and oxygen atoms in total. The van der Waals surface area contributed by atoms with Crippen LogP contribution in [0, 0.1) is 11.8 Å². The lowest BCUT2D eigenvalue weighted by molar-refractivity contribution is -0.137. The van der Waals surface area contributed by atoms with Crippen LogP contribution in [0.15, 0.2) is 53.6 Å². The molecule has 1 N–H and O–H groups in total. The van der Waals surface area contributed by atoms with Gasteiger partial charge in [0.25, 0.3) is 5.91 Å². The average Bonchev–Trinajstić information content (AvgIpc) is 2.68. The van der Waals surface area contributed by atoms with Crippen LogP contribution in [0.3, 0.4) is 0 Å². The number of alkyl halides is 3. The molecule has 1 atom stereocenters. The standard InChI is InChI=1S/C23H27F3N2O3/c1-14(2)21(15(3)4)27-28-22(29)16(5)30-18-10-12-20(13-11-18)31-19-8-6-17(7-9-19)23(24,25)26/h6-16H,1-5H3,(H,28,29)/t16-/m1/s1. The summed E-state index contributed by atoms with van der Waals surface area (Å²) < 4.78 is 49.0. The quantitative estimate of drug-likeness (QED) is 0.405. The van der Waals surface area contributed by atoms with Crippen molar-refractivity contribution in [3.05, 3.63) is 54.1 Å². The van der Waals surface area contributed by atoms with E-state index in [0.717, 1.165) is 17.8 Å². The summed E-state index contributed by atoms with van der Waals surface area (Å²) in [6.45, 7) is 9.67. The number of carbonyl (C=O) groups is 1. The second kappa shape index (κ2) is 10.3. The van der Waals surface area contributed by atoms with Crippen molar-refractivity contribution < 1.29 is 27.4 Å². The highest BCUT2D eigenvalue weighted by Crippen LogP contribution is 2.31. The van der Waals surface area contributed by atoms with Crippen LogP contribution >= 0.6 is 0 Å². The smallest absolute Gasteiger partial charge is 0.416 e. The monoisotopic (exact) mass is 436 g/mol. The van der Waals surface area contributed by atoms with Crippen LogP contribution in [0.2, 0.25) is 0 Å². The van der Waals surface area contributed by atoms with Crippen molar-refractivity contribution in [2.24, 2.45) is 16.9 Å². The Morgan fingerprint density at radius 3 is 1.74 bits per heavy atom. The summed E-state index contributed by atoms with van der Waals surface area (Å²) >= 11 is 0. The minimum absolute atomic E-state index is 0.216. The molecule has 0 saturated heterocycles. The molecule has 0 saturated carbocycles. The number of hydrogen-bond donors (Lipinski definition) is 1. The highest BCUT2D eigenvalue weighted by atomic mass is 19.4. The van der Waals surface area contributed by atoms with E-state index in [1.807, 2.05) is 27.7 Å². The second-order valence-electron chi connectivity index (χ2n) is 7.68. The molecular weight excluding hydrogens is 409 g/mol. The fourth-order valence-corrected chi connectivity index (χ4v) is 2.83. The summed E-state index contributed by atoms with van der Waals surface area (Å²) in [6.07, 6.45) is -5.16. The predicted molar refractivity (Wildman–Crippen MR) is 113 cm³/mol. The lowest BCUT2D eigenvalue weighted by atomic mass is 9.98. The molecule has 0 aliphatic heterocycles. The maximum absolute atomic E-state index is 12.6. The Hall–Kier alpha value is -3.03. The van der Waals surface area contributed by atoms with Gasteiger partial charge in [0.15, 0.2) is 6.10 Å². The topological polar surface area (TPSA) is 59.9 Å². The van der Waals surface area contributed by atoms with E-state index >= 15 is 0 Å². The number of amides is 1. The molecular formula is C23H27F3N2O3. The van der Waals surface area contributed by atoms with Crippen LogP contribution in [-0.2, 0) is 11.0 Å². The van der Waals surface area contributed by atoms with Crippen LogP contribution in [0.4, 0.5) is 13.2 Å². The van der Waals surface area contributed by atoms with E-state index in [4.69, 9.17) is 9.47 Å². The van der Waals surface area contributed by atoms with E-state index in [-0.39, 0.29) is 23.5 Å². The molecule has 0 radical (unpaired) electrons. The minimum atomic E-state index is -4.39. The molecule has 0 aliphatic rings. The Morgan fingerprint density at radius 2 is 1.29 bits per heavy atom. The van der Waals surface area contributed by atoms with Gasteiger partial charge in [-0.3, -0.25) is 4.79 Å². The molecule has 0 bridgehead atoms. The Labute approximate surface area is 180 Å². The van der Waals surface area contributed by atoms with Crippen molar-refractivity contribution in [1.29, 1.82) is 0 Å². The third-order valence-electron chi connectivity index (χ3n) is 4.40. The number of nitrogens with zero attached hydrogens (tertiary/aromatic N) is 1. The van der Waals surface area contributed by atoms with Crippen molar-refractivity contribution in [2.75, 3.05) is 0 Å². The second-order valence-corrected chi connectivity index (χ2v) is 7.68. The summed E-state index contributed by atoms with van der Waals surface area (Å²) in [6, 6.07) is 10.8. The third-order valence-corrected chi connectivity index (χ3v) is 4.40. The van der Waals surface area contributed by atoms with Gasteiger partial charge in [0.2, 0.25) is 0 Å². The first-order chi connectivity index (χ1) is 14.5. The van der Waals surface area contributed by atoms with E-state index in [2.05, 4.69) is 10.5 Å². The SMILES string of the molecule is CC(C)C(=NNC(=O)[C@@H](C)Oc1ccc(Oc2ccc(C(F)(F)F)cc2)cc1)C(C)C. The van der Waals surface area contributed by atoms with Crippen molar-refractivity contribution in [2.45, 2.75) is 46.9 Å². The number of hydrogen-bond acceptors (Lipinski definition) is 4. The zero-order chi connectivity index (χ0) is 23.2. The maximum atomic E-state index is 12.6. The zero-order valence-corrected chi connectivity index (χ0v) is 18.2. The highest BCUT2D eigenvalue weighted by Gasteiger charge is 2.30. The molecule has 0 unspecified atom stereocenters. The Kier molecular flexibility index (Phi) is 8.08. The molecule has 0 spiro atoms. The average molecular weight is 436 g/mol. The van der Waals surface area contributed by atoms with Crippen LogP contribution < -0.4 is 14.9 Å². The molecule has 0 aliphatic carbocycles. The van der Waals surface area contributed by atoms with Gasteiger partial charge in [-0.05, 0) is 67.3 Å². The summed E-state index contributed by atoms with van der Waals surface area (Å²) in [5, 5.41) is 4.21. The van der Waals surface area contributed by atoms with E-state index in [0.29, 0.717) is 11.5 Å². The molecule has 2 aromatic rings. The van der Waals surface area contributed by atoms with Crippen LogP contribution in [0.25, 0.3) is 0 Å². The number of nitrogens with one attached hydrogen (secondary N) is 1. The summed E-state index contributed by atoms with van der Waals surface area (Å²) in [7, 11) is 0. The molecule has 2 aromatic carbocycles. The molecule has 0 heterocycles. The van der Waals surface area contributed by atoms with Gasteiger partial charge in [-0.1, -0.05) is 27.7 Å². The van der Waals surface area contributed by atoms with E-state index < -0.39 is 17.8 Å². The first kappa shape index (κ1) is 24.2. The number of carbonyl (C=O) groups excluding carboxylic acids is 1. The summed E-state index contributed by atoms with van der Waals surface area (Å²) in [5.41, 5.74) is 2.70. The van der Waals surface area contributed by atoms with E-state index in [1.54, 1.807) is 31.2 Å². The molecule has 31 heavy (non-hydrogen) atoms. The maximum Gasteiger partial charge on any atom is 0.416 e. The molecule has 0 aromatic heterocycles. The number of ether oxygens (including phenoxy) is 2. The lowest BCUT2D eigenvalue weighted by Gasteiger charge is -2.16. The van der Waals surface area contributed by atoms with Gasteiger partial charge in [0.1, 0.15) is 17.2 Å². The lowest BCUT2D eigenvalue weighted by Crippen LogP contribution is -2.35. The zero-order valence-electron chi connectivity index (χ0n) is 18.2. The Bertz CT molecular complexity index is 880. The molecule has 168 valence electrons. The van der Waals surface area contributed by atoms with Gasteiger partial charge >= 0.3 is 6.18 Å². The van der Waals surface area contributed by atoms with Crippen molar-refractivity contribution in [3.63, 3.8) is 0 Å². The van der Waals surface area contributed by atoms with Crippen LogP contribution in [0.5, 0.6) is 17.2 Å². The fraction of sp³-hybridized carbons (Fsp3) is 0.391. The largest absolute Gasteiger partial charge is 0.481 e. The summed E-state index contributed by atoms with van der Waals surface area (Å²) in [4.78, 5) is 12.3. The third kappa shape index (κ3) is 7.31. The minimum Gasteiger partial charge on any atom is -0.481 e. The van der Waals surface area contributed by atoms with Gasteiger partial charge in [-0.15, -0.1) is 0 Å². The van der Waals surface area contributed by atoms with Crippen molar-refractivity contribution in [3.8, 4) is 17.2 Å².